The minimum atomic E-state index is -4.99. The third kappa shape index (κ3) is 4.31. The first-order valence-corrected chi connectivity index (χ1v) is 11.0. The number of hydrogen-bond donors (Lipinski definition) is 0. The van der Waals surface area contributed by atoms with Gasteiger partial charge in [-0.15, -0.1) is 0 Å². The lowest BCUT2D eigenvalue weighted by Crippen LogP contribution is -2.21. The van der Waals surface area contributed by atoms with Crippen LogP contribution in [0.4, 0.5) is 22.0 Å². The first-order valence-electron chi connectivity index (χ1n) is 7.45. The highest BCUT2D eigenvalue weighted by atomic mass is 79.9. The van der Waals surface area contributed by atoms with Gasteiger partial charge in [-0.25, -0.2) is 8.78 Å². The third-order valence-electron chi connectivity index (χ3n) is 4.41. The van der Waals surface area contributed by atoms with Crippen LogP contribution in [0.5, 0.6) is 0 Å². The molecule has 0 aliphatic carbocycles. The SMILES string of the molecule is Fc1cc(C2CC[SiH](CCCBr)CC2)cc(F)c1C(F)(F)F. The second kappa shape index (κ2) is 7.42. The molecule has 0 spiro atoms. The standard InChI is InChI=1S/C15H18BrF5Si/c16-4-1-5-22-6-2-10(3-7-22)11-8-12(17)14(13(18)9-11)15(19,20)21/h8-10,22H,1-7H2. The van der Waals surface area contributed by atoms with Crippen LogP contribution in [0.1, 0.15) is 36.3 Å². The summed E-state index contributed by atoms with van der Waals surface area (Å²) >= 11 is 3.41. The number of halogens is 6. The zero-order valence-corrected chi connectivity index (χ0v) is 14.8. The molecular weight excluding hydrogens is 383 g/mol. The van der Waals surface area contributed by atoms with Crippen LogP contribution >= 0.6 is 15.9 Å². The maximum atomic E-state index is 13.6. The molecule has 22 heavy (non-hydrogen) atoms. The molecule has 1 fully saturated rings. The van der Waals surface area contributed by atoms with E-state index in [1.54, 1.807) is 0 Å². The predicted octanol–water partition coefficient (Wildman–Crippen LogP) is 5.87. The Morgan fingerprint density at radius 1 is 1.09 bits per heavy atom. The Bertz CT molecular complexity index is 486. The molecule has 1 aromatic rings. The van der Waals surface area contributed by atoms with Crippen LogP contribution in [0.15, 0.2) is 12.1 Å². The maximum absolute atomic E-state index is 13.6. The first kappa shape index (κ1) is 17.9. The zero-order chi connectivity index (χ0) is 16.3. The molecule has 1 aliphatic heterocycles. The molecule has 1 saturated heterocycles. The Balaban J connectivity index is 2.09. The summed E-state index contributed by atoms with van der Waals surface area (Å²) in [5, 5.41) is 0.995. The van der Waals surface area contributed by atoms with Gasteiger partial charge in [-0.1, -0.05) is 34.1 Å². The molecule has 0 bridgehead atoms. The average molecular weight is 401 g/mol. The summed E-state index contributed by atoms with van der Waals surface area (Å²) in [5.41, 5.74) is -1.41. The van der Waals surface area contributed by atoms with Gasteiger partial charge in [-0.2, -0.15) is 13.2 Å². The largest absolute Gasteiger partial charge is 0.422 e. The molecule has 0 saturated carbocycles. The second-order valence-electron chi connectivity index (χ2n) is 5.91. The van der Waals surface area contributed by atoms with Gasteiger partial charge >= 0.3 is 6.18 Å². The number of alkyl halides is 4. The van der Waals surface area contributed by atoms with Crippen molar-refractivity contribution in [3.8, 4) is 0 Å². The lowest BCUT2D eigenvalue weighted by molar-refractivity contribution is -0.142. The molecule has 0 amide bonds. The molecule has 0 atom stereocenters. The molecule has 7 heteroatoms. The molecule has 2 rings (SSSR count). The average Bonchev–Trinajstić information content (AvgIpc) is 2.43. The van der Waals surface area contributed by atoms with Crippen molar-refractivity contribution in [2.24, 2.45) is 0 Å². The minimum Gasteiger partial charge on any atom is -0.206 e. The van der Waals surface area contributed by atoms with E-state index in [1.165, 1.54) is 6.04 Å². The topological polar surface area (TPSA) is 0 Å². The van der Waals surface area contributed by atoms with Crippen LogP contribution in [0.25, 0.3) is 0 Å². The van der Waals surface area contributed by atoms with Crippen molar-refractivity contribution in [3.05, 3.63) is 34.9 Å². The van der Waals surface area contributed by atoms with Gasteiger partial charge in [0.2, 0.25) is 0 Å². The molecule has 0 unspecified atom stereocenters. The summed E-state index contributed by atoms with van der Waals surface area (Å²) in [6.07, 6.45) is -2.16. The summed E-state index contributed by atoms with van der Waals surface area (Å²) in [5.74, 6) is -3.01. The summed E-state index contributed by atoms with van der Waals surface area (Å²) in [7, 11) is -0.765. The maximum Gasteiger partial charge on any atom is 0.422 e. The first-order chi connectivity index (χ1) is 10.3. The zero-order valence-electron chi connectivity index (χ0n) is 12.0. The molecular formula is C15H18BrF5Si. The fourth-order valence-electron chi connectivity index (χ4n) is 3.25. The molecule has 1 aliphatic rings. The number of hydrogen-bond acceptors (Lipinski definition) is 0. The lowest BCUT2D eigenvalue weighted by Gasteiger charge is -2.28. The fourth-order valence-corrected chi connectivity index (χ4v) is 7.57. The van der Waals surface area contributed by atoms with Crippen LogP contribution in [0.2, 0.25) is 18.1 Å². The second-order valence-corrected chi connectivity index (χ2v) is 10.2. The minimum absolute atomic E-state index is 0.0148. The number of benzene rings is 1. The van der Waals surface area contributed by atoms with Crippen LogP contribution < -0.4 is 0 Å². The van der Waals surface area contributed by atoms with Gasteiger partial charge in [0.25, 0.3) is 0 Å². The van der Waals surface area contributed by atoms with E-state index in [0.29, 0.717) is 5.56 Å². The van der Waals surface area contributed by atoms with E-state index in [1.807, 2.05) is 0 Å². The highest BCUT2D eigenvalue weighted by molar-refractivity contribution is 9.09. The molecule has 0 N–H and O–H groups in total. The Labute approximate surface area is 136 Å². The molecule has 1 heterocycles. The highest BCUT2D eigenvalue weighted by Gasteiger charge is 2.38. The van der Waals surface area contributed by atoms with Crippen LogP contribution in [0.3, 0.4) is 0 Å². The number of rotatable bonds is 4. The summed E-state index contributed by atoms with van der Waals surface area (Å²) in [4.78, 5) is 0. The van der Waals surface area contributed by atoms with Crippen molar-refractivity contribution in [2.45, 2.75) is 49.5 Å². The van der Waals surface area contributed by atoms with Gasteiger partial charge in [0.05, 0.1) is 0 Å². The molecule has 124 valence electrons. The van der Waals surface area contributed by atoms with Gasteiger partial charge in [-0.05, 0) is 42.9 Å². The van der Waals surface area contributed by atoms with Gasteiger partial charge in [-0.3, -0.25) is 0 Å². The fraction of sp³-hybridized carbons (Fsp3) is 0.600. The van der Waals surface area contributed by atoms with Gasteiger partial charge in [0.1, 0.15) is 17.2 Å². The summed E-state index contributed by atoms with van der Waals surface area (Å²) in [6.45, 7) is 0. The monoisotopic (exact) mass is 400 g/mol. The Kier molecular flexibility index (Phi) is 6.05. The molecule has 0 nitrogen and oxygen atoms in total. The van der Waals surface area contributed by atoms with Crippen molar-refractivity contribution >= 4 is 24.7 Å². The quantitative estimate of drug-likeness (QED) is 0.336. The highest BCUT2D eigenvalue weighted by Crippen LogP contribution is 2.39. The molecule has 0 aromatic heterocycles. The van der Waals surface area contributed by atoms with Crippen LogP contribution in [-0.4, -0.2) is 14.1 Å². The normalized spacial score (nSPS) is 22.8. The van der Waals surface area contributed by atoms with Gasteiger partial charge in [0, 0.05) is 14.1 Å². The van der Waals surface area contributed by atoms with Crippen molar-refractivity contribution in [3.63, 3.8) is 0 Å². The van der Waals surface area contributed by atoms with E-state index in [9.17, 15) is 22.0 Å². The van der Waals surface area contributed by atoms with Crippen LogP contribution in [0, 0.1) is 11.6 Å². The van der Waals surface area contributed by atoms with E-state index in [0.717, 1.165) is 48.8 Å². The van der Waals surface area contributed by atoms with Crippen molar-refractivity contribution < 1.29 is 22.0 Å². The smallest absolute Gasteiger partial charge is 0.206 e. The van der Waals surface area contributed by atoms with E-state index in [-0.39, 0.29) is 5.92 Å². The van der Waals surface area contributed by atoms with Crippen molar-refractivity contribution in [2.75, 3.05) is 5.33 Å². The Hall–Kier alpha value is -0.433. The van der Waals surface area contributed by atoms with Crippen molar-refractivity contribution in [1.82, 2.24) is 0 Å². The van der Waals surface area contributed by atoms with Crippen LogP contribution in [-0.2, 0) is 6.18 Å². The lowest BCUT2D eigenvalue weighted by atomic mass is 9.92. The van der Waals surface area contributed by atoms with E-state index >= 15 is 0 Å². The van der Waals surface area contributed by atoms with Crippen molar-refractivity contribution in [1.29, 1.82) is 0 Å². The Morgan fingerprint density at radius 3 is 2.09 bits per heavy atom. The van der Waals surface area contributed by atoms with E-state index in [4.69, 9.17) is 0 Å². The van der Waals surface area contributed by atoms with E-state index in [2.05, 4.69) is 15.9 Å². The predicted molar refractivity (Wildman–Crippen MR) is 83.3 cm³/mol. The molecule has 1 aromatic carbocycles. The molecule has 0 radical (unpaired) electrons. The van der Waals surface area contributed by atoms with Gasteiger partial charge in [0.15, 0.2) is 0 Å². The third-order valence-corrected chi connectivity index (χ3v) is 8.50. The van der Waals surface area contributed by atoms with Gasteiger partial charge < -0.3 is 0 Å². The Morgan fingerprint density at radius 2 is 1.64 bits per heavy atom. The summed E-state index contributed by atoms with van der Waals surface area (Å²) in [6, 6.07) is 5.20. The summed E-state index contributed by atoms with van der Waals surface area (Å²) < 4.78 is 65.0. The van der Waals surface area contributed by atoms with E-state index < -0.39 is 32.2 Å².